The monoisotopic (exact) mass is 252 g/mol. The number of hydrogen-bond acceptors (Lipinski definition) is 2. The Morgan fingerprint density at radius 3 is 2.50 bits per heavy atom. The average Bonchev–Trinajstić information content (AvgIpc) is 3.01. The quantitative estimate of drug-likeness (QED) is 0.878. The molecule has 1 aromatic heterocycles. The second-order valence-electron chi connectivity index (χ2n) is 4.59. The predicted molar refractivity (Wildman–Crippen MR) is 59.0 cm³/mol. The highest BCUT2D eigenvalue weighted by atomic mass is 79.9. The summed E-state index contributed by atoms with van der Waals surface area (Å²) in [5.41, 5.74) is 8.08. The molecule has 1 heterocycles. The van der Waals surface area contributed by atoms with Gasteiger partial charge < -0.3 is 5.73 Å². The molecule has 2 aliphatic carbocycles. The summed E-state index contributed by atoms with van der Waals surface area (Å²) in [6.45, 7) is 0. The van der Waals surface area contributed by atoms with E-state index in [1.807, 2.05) is 12.4 Å². The van der Waals surface area contributed by atoms with Crippen molar-refractivity contribution in [3.05, 3.63) is 28.5 Å². The van der Waals surface area contributed by atoms with Crippen molar-refractivity contribution in [2.24, 2.45) is 5.73 Å². The lowest BCUT2D eigenvalue weighted by Gasteiger charge is -2.24. The Morgan fingerprint density at radius 1 is 1.29 bits per heavy atom. The van der Waals surface area contributed by atoms with Crippen molar-refractivity contribution in [1.82, 2.24) is 4.98 Å². The molecule has 1 aromatic rings. The lowest BCUT2D eigenvalue weighted by atomic mass is 9.87. The normalized spacial score (nSPS) is 25.9. The Bertz CT molecular complexity index is 381. The molecule has 0 bridgehead atoms. The van der Waals surface area contributed by atoms with Crippen LogP contribution < -0.4 is 5.73 Å². The van der Waals surface area contributed by atoms with E-state index in [0.29, 0.717) is 0 Å². The van der Waals surface area contributed by atoms with Gasteiger partial charge in [-0.2, -0.15) is 0 Å². The zero-order valence-corrected chi connectivity index (χ0v) is 9.55. The molecule has 2 saturated carbocycles. The average molecular weight is 253 g/mol. The van der Waals surface area contributed by atoms with Crippen LogP contribution in [0.15, 0.2) is 22.9 Å². The van der Waals surface area contributed by atoms with Crippen LogP contribution in [-0.4, -0.2) is 10.5 Å². The molecule has 74 valence electrons. The van der Waals surface area contributed by atoms with Crippen molar-refractivity contribution in [1.29, 1.82) is 0 Å². The van der Waals surface area contributed by atoms with Crippen LogP contribution in [0.3, 0.4) is 0 Å². The van der Waals surface area contributed by atoms with Crippen LogP contribution in [0.25, 0.3) is 0 Å². The molecule has 0 atom stereocenters. The van der Waals surface area contributed by atoms with Gasteiger partial charge in [0.1, 0.15) is 0 Å². The van der Waals surface area contributed by atoms with Gasteiger partial charge >= 0.3 is 0 Å². The number of nitrogens with zero attached hydrogens (tertiary/aromatic N) is 1. The maximum Gasteiger partial charge on any atom is 0.0413 e. The van der Waals surface area contributed by atoms with Gasteiger partial charge in [-0.1, -0.05) is 0 Å². The van der Waals surface area contributed by atoms with Gasteiger partial charge in [0, 0.05) is 27.8 Å². The smallest absolute Gasteiger partial charge is 0.0413 e. The molecule has 0 amide bonds. The van der Waals surface area contributed by atoms with Gasteiger partial charge in [0.15, 0.2) is 0 Å². The van der Waals surface area contributed by atoms with E-state index in [0.717, 1.165) is 4.47 Å². The summed E-state index contributed by atoms with van der Waals surface area (Å²) >= 11 is 3.57. The van der Waals surface area contributed by atoms with Crippen LogP contribution in [-0.2, 0) is 5.41 Å². The highest BCUT2D eigenvalue weighted by molar-refractivity contribution is 9.10. The molecule has 0 aliphatic heterocycles. The number of halogens is 1. The minimum absolute atomic E-state index is 0.0941. The number of nitrogens with two attached hydrogens (primary N) is 1. The minimum Gasteiger partial charge on any atom is -0.324 e. The molecule has 0 saturated heterocycles. The van der Waals surface area contributed by atoms with Crippen LogP contribution in [0.2, 0.25) is 0 Å². The molecule has 0 spiro atoms. The van der Waals surface area contributed by atoms with E-state index < -0.39 is 0 Å². The molecule has 2 aliphatic rings. The fourth-order valence-corrected chi connectivity index (χ4v) is 3.17. The van der Waals surface area contributed by atoms with Crippen LogP contribution in [0.1, 0.15) is 31.2 Å². The van der Waals surface area contributed by atoms with Crippen molar-refractivity contribution in [3.8, 4) is 0 Å². The summed E-state index contributed by atoms with van der Waals surface area (Å²) < 4.78 is 1.12. The second kappa shape index (κ2) is 2.58. The standard InChI is InChI=1S/C11H13BrN2/c12-9-7-14-6-1-8(9)10(2-3-10)11(13)4-5-11/h1,6-7H,2-5,13H2. The molecule has 2 N–H and O–H groups in total. The molecule has 3 heteroatoms. The van der Waals surface area contributed by atoms with Crippen molar-refractivity contribution >= 4 is 15.9 Å². The summed E-state index contributed by atoms with van der Waals surface area (Å²) in [6.07, 6.45) is 8.59. The van der Waals surface area contributed by atoms with Crippen molar-refractivity contribution in [2.75, 3.05) is 0 Å². The van der Waals surface area contributed by atoms with E-state index >= 15 is 0 Å². The fraction of sp³-hybridized carbons (Fsp3) is 0.545. The molecular weight excluding hydrogens is 240 g/mol. The van der Waals surface area contributed by atoms with Gasteiger partial charge in [0.05, 0.1) is 0 Å². The van der Waals surface area contributed by atoms with Gasteiger partial charge in [-0.15, -0.1) is 0 Å². The number of aromatic nitrogens is 1. The summed E-state index contributed by atoms with van der Waals surface area (Å²) in [6, 6.07) is 2.12. The second-order valence-corrected chi connectivity index (χ2v) is 5.45. The Labute approximate surface area is 92.0 Å². The van der Waals surface area contributed by atoms with Gasteiger partial charge in [0.25, 0.3) is 0 Å². The number of hydrogen-bond donors (Lipinski definition) is 1. The largest absolute Gasteiger partial charge is 0.324 e. The van der Waals surface area contributed by atoms with Gasteiger partial charge in [-0.25, -0.2) is 0 Å². The lowest BCUT2D eigenvalue weighted by molar-refractivity contribution is 0.501. The van der Waals surface area contributed by atoms with Gasteiger partial charge in [-0.05, 0) is 53.2 Å². The van der Waals surface area contributed by atoms with Crippen LogP contribution in [0, 0.1) is 0 Å². The number of pyridine rings is 1. The van der Waals surface area contributed by atoms with E-state index in [9.17, 15) is 0 Å². The molecule has 14 heavy (non-hydrogen) atoms. The molecule has 0 aromatic carbocycles. The third kappa shape index (κ3) is 1.03. The SMILES string of the molecule is NC1(C2(c3ccncc3Br)CC2)CC1. The molecule has 2 fully saturated rings. The maximum atomic E-state index is 6.35. The third-order valence-corrected chi connectivity index (χ3v) is 4.41. The van der Waals surface area contributed by atoms with Crippen LogP contribution >= 0.6 is 15.9 Å². The number of rotatable bonds is 2. The first-order chi connectivity index (χ1) is 6.68. The first-order valence-corrected chi connectivity index (χ1v) is 5.86. The summed E-state index contributed by atoms with van der Waals surface area (Å²) in [5, 5.41) is 0. The Hall–Kier alpha value is -0.410. The summed E-state index contributed by atoms with van der Waals surface area (Å²) in [7, 11) is 0. The van der Waals surface area contributed by atoms with Crippen molar-refractivity contribution in [3.63, 3.8) is 0 Å². The minimum atomic E-state index is 0.0941. The van der Waals surface area contributed by atoms with E-state index in [1.165, 1.54) is 31.2 Å². The first kappa shape index (κ1) is 8.86. The fourth-order valence-electron chi connectivity index (χ4n) is 2.54. The van der Waals surface area contributed by atoms with E-state index in [2.05, 4.69) is 27.0 Å². The molecule has 0 radical (unpaired) electrons. The Balaban J connectivity index is 2.07. The summed E-state index contributed by atoms with van der Waals surface area (Å²) in [5.74, 6) is 0. The highest BCUT2D eigenvalue weighted by Gasteiger charge is 2.64. The molecular formula is C11H13BrN2. The first-order valence-electron chi connectivity index (χ1n) is 5.07. The zero-order valence-electron chi connectivity index (χ0n) is 7.96. The van der Waals surface area contributed by atoms with Gasteiger partial charge in [-0.3, -0.25) is 4.98 Å². The van der Waals surface area contributed by atoms with Crippen molar-refractivity contribution in [2.45, 2.75) is 36.6 Å². The Kier molecular flexibility index (Phi) is 1.63. The van der Waals surface area contributed by atoms with Gasteiger partial charge in [0.2, 0.25) is 0 Å². The van der Waals surface area contributed by atoms with Crippen molar-refractivity contribution < 1.29 is 0 Å². The topological polar surface area (TPSA) is 38.9 Å². The molecule has 2 nitrogen and oxygen atoms in total. The zero-order chi connectivity index (χ0) is 9.81. The highest BCUT2D eigenvalue weighted by Crippen LogP contribution is 2.64. The van der Waals surface area contributed by atoms with E-state index in [1.54, 1.807) is 0 Å². The Morgan fingerprint density at radius 2 is 2.00 bits per heavy atom. The lowest BCUT2D eigenvalue weighted by Crippen LogP contribution is -2.37. The van der Waals surface area contributed by atoms with Crippen LogP contribution in [0.5, 0.6) is 0 Å². The van der Waals surface area contributed by atoms with E-state index in [-0.39, 0.29) is 11.0 Å². The predicted octanol–water partition coefficient (Wildman–Crippen LogP) is 2.37. The molecule has 3 rings (SSSR count). The van der Waals surface area contributed by atoms with Crippen LogP contribution in [0.4, 0.5) is 0 Å². The van der Waals surface area contributed by atoms with E-state index in [4.69, 9.17) is 5.73 Å². The maximum absolute atomic E-state index is 6.35. The third-order valence-electron chi connectivity index (χ3n) is 3.78. The summed E-state index contributed by atoms with van der Waals surface area (Å²) in [4.78, 5) is 4.10. The molecule has 0 unspecified atom stereocenters.